The van der Waals surface area contributed by atoms with Gasteiger partial charge in [0.05, 0.1) is 0 Å². The molecule has 0 aliphatic carbocycles. The maximum Gasteiger partial charge on any atom is 0.145 e. The number of fused-ring (bicyclic) bond motifs is 1. The van der Waals surface area contributed by atoms with Crippen molar-refractivity contribution < 1.29 is 4.74 Å². The maximum atomic E-state index is 6.09. The summed E-state index contributed by atoms with van der Waals surface area (Å²) in [5.74, 6) is 1.88. The molecule has 1 nitrogen and oxygen atoms in total. The van der Waals surface area contributed by atoms with E-state index in [1.54, 1.807) is 11.3 Å². The lowest BCUT2D eigenvalue weighted by Crippen LogP contribution is -1.88. The Morgan fingerprint density at radius 3 is 2.23 bits per heavy atom. The molecule has 0 aliphatic heterocycles. The molecule has 0 unspecified atom stereocenters. The van der Waals surface area contributed by atoms with E-state index < -0.39 is 0 Å². The number of hydrogen-bond donors (Lipinski definition) is 0. The van der Waals surface area contributed by atoms with Crippen LogP contribution < -0.4 is 4.74 Å². The van der Waals surface area contributed by atoms with Crippen LogP contribution in [0.4, 0.5) is 0 Å². The summed E-state index contributed by atoms with van der Waals surface area (Å²) in [4.78, 5) is 0. The predicted molar refractivity (Wildman–Crippen MR) is 115 cm³/mol. The van der Waals surface area contributed by atoms with Gasteiger partial charge in [-0.25, -0.2) is 0 Å². The van der Waals surface area contributed by atoms with Crippen LogP contribution >= 0.6 is 11.3 Å². The molecular formula is C24H30OS. The fourth-order valence-corrected chi connectivity index (χ4v) is 4.21. The van der Waals surface area contributed by atoms with Crippen LogP contribution in [-0.2, 0) is 6.42 Å². The van der Waals surface area contributed by atoms with Crippen LogP contribution in [0.1, 0.15) is 63.9 Å². The van der Waals surface area contributed by atoms with Crippen LogP contribution in [-0.4, -0.2) is 0 Å². The molecule has 3 rings (SSSR count). The number of ether oxygens (including phenoxy) is 1. The topological polar surface area (TPSA) is 9.23 Å². The van der Waals surface area contributed by atoms with Crippen LogP contribution in [0.5, 0.6) is 11.5 Å². The monoisotopic (exact) mass is 366 g/mol. The molecule has 2 heteroatoms. The zero-order valence-corrected chi connectivity index (χ0v) is 16.7. The molecule has 2 aromatic carbocycles. The van der Waals surface area contributed by atoms with E-state index in [4.69, 9.17) is 4.74 Å². The van der Waals surface area contributed by atoms with Crippen LogP contribution in [0, 0.1) is 0 Å². The second kappa shape index (κ2) is 10.4. The first-order valence-corrected chi connectivity index (χ1v) is 11.0. The number of thiophene rings is 1. The molecule has 0 fully saturated rings. The van der Waals surface area contributed by atoms with Crippen LogP contribution in [0.2, 0.25) is 0 Å². The summed E-state index contributed by atoms with van der Waals surface area (Å²) in [6.07, 6.45) is 12.2. The molecule has 0 radical (unpaired) electrons. The minimum atomic E-state index is 0.924. The van der Waals surface area contributed by atoms with E-state index in [-0.39, 0.29) is 0 Å². The van der Waals surface area contributed by atoms with Gasteiger partial charge in [0.15, 0.2) is 0 Å². The van der Waals surface area contributed by atoms with Gasteiger partial charge in [-0.2, -0.15) is 0 Å². The fraction of sp³-hybridized carbons (Fsp3) is 0.417. The molecule has 0 spiro atoms. The quantitative estimate of drug-likeness (QED) is 0.310. The summed E-state index contributed by atoms with van der Waals surface area (Å²) >= 11 is 1.73. The fourth-order valence-electron chi connectivity index (χ4n) is 3.35. The van der Waals surface area contributed by atoms with Crippen LogP contribution in [0.25, 0.3) is 10.1 Å². The standard InChI is InChI=1S/C24H30OS/c1-2-3-4-5-6-7-8-9-12-20-15-17-21(18-16-20)25-23-19-26-24-14-11-10-13-22(23)24/h10-11,13-19H,2-9,12H2,1H3. The third-order valence-electron chi connectivity index (χ3n) is 4.92. The molecule has 0 aliphatic rings. The van der Waals surface area contributed by atoms with E-state index in [0.29, 0.717) is 0 Å². The van der Waals surface area contributed by atoms with Crippen molar-refractivity contribution in [3.8, 4) is 11.5 Å². The Hall–Kier alpha value is -1.80. The molecular weight excluding hydrogens is 336 g/mol. The van der Waals surface area contributed by atoms with Crippen molar-refractivity contribution >= 4 is 21.4 Å². The van der Waals surface area contributed by atoms with Gasteiger partial charge in [-0.05, 0) is 42.7 Å². The number of rotatable bonds is 11. The Kier molecular flexibility index (Phi) is 7.57. The minimum Gasteiger partial charge on any atom is -0.456 e. The van der Waals surface area contributed by atoms with Crippen molar-refractivity contribution in [1.82, 2.24) is 0 Å². The Bertz CT molecular complexity index is 772. The van der Waals surface area contributed by atoms with Gasteiger partial charge in [-0.1, -0.05) is 76.1 Å². The van der Waals surface area contributed by atoms with Gasteiger partial charge in [-0.15, -0.1) is 11.3 Å². The van der Waals surface area contributed by atoms with Gasteiger partial charge in [0.1, 0.15) is 11.5 Å². The first-order chi connectivity index (χ1) is 12.9. The van der Waals surface area contributed by atoms with E-state index in [1.165, 1.54) is 73.4 Å². The minimum absolute atomic E-state index is 0.924. The van der Waals surface area contributed by atoms with E-state index in [9.17, 15) is 0 Å². The SMILES string of the molecule is CCCCCCCCCCc1ccc(Oc2csc3ccccc23)cc1. The molecule has 0 amide bonds. The van der Waals surface area contributed by atoms with Crippen LogP contribution in [0.15, 0.2) is 53.9 Å². The highest BCUT2D eigenvalue weighted by atomic mass is 32.1. The molecule has 0 saturated carbocycles. The zero-order valence-electron chi connectivity index (χ0n) is 15.9. The lowest BCUT2D eigenvalue weighted by atomic mass is 10.0. The number of benzene rings is 2. The summed E-state index contributed by atoms with van der Waals surface area (Å²) in [7, 11) is 0. The second-order valence-corrected chi connectivity index (χ2v) is 7.98. The van der Waals surface area contributed by atoms with Gasteiger partial charge in [0.25, 0.3) is 0 Å². The predicted octanol–water partition coefficient (Wildman–Crippen LogP) is 8.38. The average Bonchev–Trinajstić information content (AvgIpc) is 3.08. The molecule has 26 heavy (non-hydrogen) atoms. The van der Waals surface area contributed by atoms with Gasteiger partial charge in [-0.3, -0.25) is 0 Å². The first-order valence-electron chi connectivity index (χ1n) is 10.1. The zero-order chi connectivity index (χ0) is 18.0. The van der Waals surface area contributed by atoms with E-state index in [2.05, 4.69) is 60.8 Å². The second-order valence-electron chi connectivity index (χ2n) is 7.07. The Morgan fingerprint density at radius 2 is 1.46 bits per heavy atom. The summed E-state index contributed by atoms with van der Waals surface area (Å²) in [6, 6.07) is 17.0. The number of hydrogen-bond acceptors (Lipinski definition) is 2. The van der Waals surface area contributed by atoms with Crippen molar-refractivity contribution in [3.05, 3.63) is 59.5 Å². The third-order valence-corrected chi connectivity index (χ3v) is 5.86. The molecule has 3 aromatic rings. The van der Waals surface area contributed by atoms with Crippen molar-refractivity contribution in [2.24, 2.45) is 0 Å². The maximum absolute atomic E-state index is 6.09. The molecule has 0 saturated heterocycles. The average molecular weight is 367 g/mol. The number of unbranched alkanes of at least 4 members (excludes halogenated alkanes) is 7. The highest BCUT2D eigenvalue weighted by Gasteiger charge is 2.05. The van der Waals surface area contributed by atoms with E-state index in [0.717, 1.165) is 11.5 Å². The largest absolute Gasteiger partial charge is 0.456 e. The van der Waals surface area contributed by atoms with E-state index >= 15 is 0 Å². The third kappa shape index (κ3) is 5.60. The van der Waals surface area contributed by atoms with Crippen LogP contribution in [0.3, 0.4) is 0 Å². The highest BCUT2D eigenvalue weighted by Crippen LogP contribution is 2.35. The highest BCUT2D eigenvalue weighted by molar-refractivity contribution is 7.17. The summed E-state index contributed by atoms with van der Waals surface area (Å²) in [5, 5.41) is 3.29. The summed E-state index contributed by atoms with van der Waals surface area (Å²) < 4.78 is 7.36. The normalized spacial score (nSPS) is 11.1. The molecule has 0 atom stereocenters. The lowest BCUT2D eigenvalue weighted by Gasteiger charge is -2.06. The first kappa shape index (κ1) is 19.0. The van der Waals surface area contributed by atoms with Gasteiger partial charge in [0, 0.05) is 15.5 Å². The molecule has 0 N–H and O–H groups in total. The molecule has 1 aromatic heterocycles. The number of aryl methyl sites for hydroxylation is 1. The smallest absolute Gasteiger partial charge is 0.145 e. The van der Waals surface area contributed by atoms with Crippen molar-refractivity contribution in [1.29, 1.82) is 0 Å². The van der Waals surface area contributed by atoms with Crippen molar-refractivity contribution in [2.75, 3.05) is 0 Å². The molecule has 0 bridgehead atoms. The van der Waals surface area contributed by atoms with Gasteiger partial charge >= 0.3 is 0 Å². The lowest BCUT2D eigenvalue weighted by molar-refractivity contribution is 0.490. The molecule has 1 heterocycles. The summed E-state index contributed by atoms with van der Waals surface area (Å²) in [6.45, 7) is 2.28. The van der Waals surface area contributed by atoms with E-state index in [1.807, 2.05) is 0 Å². The molecule has 138 valence electrons. The summed E-state index contributed by atoms with van der Waals surface area (Å²) in [5.41, 5.74) is 1.42. The Labute approximate surface area is 162 Å². The van der Waals surface area contributed by atoms with Crippen molar-refractivity contribution in [3.63, 3.8) is 0 Å². The van der Waals surface area contributed by atoms with Gasteiger partial charge in [0.2, 0.25) is 0 Å². The Balaban J connectivity index is 1.41. The van der Waals surface area contributed by atoms with Crippen molar-refractivity contribution in [2.45, 2.75) is 64.7 Å². The van der Waals surface area contributed by atoms with Gasteiger partial charge < -0.3 is 4.74 Å². The Morgan fingerprint density at radius 1 is 0.769 bits per heavy atom.